The second kappa shape index (κ2) is 7.78. The summed E-state index contributed by atoms with van der Waals surface area (Å²) >= 11 is 0. The summed E-state index contributed by atoms with van der Waals surface area (Å²) in [6.07, 6.45) is 1.67. The Morgan fingerprint density at radius 3 is 2.68 bits per heavy atom. The maximum atomic E-state index is 11.8. The highest BCUT2D eigenvalue weighted by atomic mass is 16.2. The van der Waals surface area contributed by atoms with Gasteiger partial charge in [0.05, 0.1) is 12.2 Å². The minimum atomic E-state index is -0.348. The summed E-state index contributed by atoms with van der Waals surface area (Å²) in [5, 5.41) is 8.11. The van der Waals surface area contributed by atoms with Crippen molar-refractivity contribution in [3.63, 3.8) is 0 Å². The maximum Gasteiger partial charge on any atom is 0.319 e. The van der Waals surface area contributed by atoms with Gasteiger partial charge in [0.15, 0.2) is 0 Å². The van der Waals surface area contributed by atoms with Crippen molar-refractivity contribution in [2.45, 2.75) is 13.5 Å². The average Bonchev–Trinajstić information content (AvgIpc) is 2.54. The molecular weight excluding hydrogens is 280 g/mol. The van der Waals surface area contributed by atoms with Crippen molar-refractivity contribution in [3.05, 3.63) is 59.9 Å². The molecule has 0 aliphatic rings. The molecule has 0 radical (unpaired) electrons. The molecule has 1 aromatic carbocycles. The standard InChI is InChI=1S/C16H18N4O2/c1-2-17-15(21)12-6-5-8-13(10-12)20-16(22)19-11-14-7-3-4-9-18-14/h3-10H,2,11H2,1H3,(H,17,21)(H2,19,20,22). The van der Waals surface area contributed by atoms with Crippen molar-refractivity contribution in [1.82, 2.24) is 15.6 Å². The molecule has 6 nitrogen and oxygen atoms in total. The summed E-state index contributed by atoms with van der Waals surface area (Å²) in [5.41, 5.74) is 1.83. The lowest BCUT2D eigenvalue weighted by atomic mass is 10.2. The third-order valence-corrected chi connectivity index (χ3v) is 2.88. The lowest BCUT2D eigenvalue weighted by Crippen LogP contribution is -2.28. The predicted octanol–water partition coefficient (Wildman–Crippen LogP) is 2.15. The molecule has 0 saturated carbocycles. The second-order valence-corrected chi connectivity index (χ2v) is 4.57. The molecule has 3 amide bonds. The average molecular weight is 298 g/mol. The van der Waals surface area contributed by atoms with Gasteiger partial charge < -0.3 is 16.0 Å². The molecule has 0 aliphatic carbocycles. The van der Waals surface area contributed by atoms with Gasteiger partial charge in [-0.05, 0) is 37.3 Å². The van der Waals surface area contributed by atoms with Crippen molar-refractivity contribution in [2.75, 3.05) is 11.9 Å². The molecular formula is C16H18N4O2. The van der Waals surface area contributed by atoms with Crippen LogP contribution in [0.1, 0.15) is 23.0 Å². The van der Waals surface area contributed by atoms with Crippen molar-refractivity contribution in [1.29, 1.82) is 0 Å². The Hall–Kier alpha value is -2.89. The number of benzene rings is 1. The molecule has 1 aromatic heterocycles. The zero-order valence-corrected chi connectivity index (χ0v) is 12.3. The van der Waals surface area contributed by atoms with Gasteiger partial charge in [-0.3, -0.25) is 9.78 Å². The molecule has 0 atom stereocenters. The molecule has 0 aliphatic heterocycles. The Bertz CT molecular complexity index is 644. The summed E-state index contributed by atoms with van der Waals surface area (Å²) in [4.78, 5) is 27.7. The van der Waals surface area contributed by atoms with Gasteiger partial charge in [0.1, 0.15) is 0 Å². The van der Waals surface area contributed by atoms with Gasteiger partial charge in [-0.1, -0.05) is 12.1 Å². The van der Waals surface area contributed by atoms with Gasteiger partial charge >= 0.3 is 6.03 Å². The minimum Gasteiger partial charge on any atom is -0.352 e. The van der Waals surface area contributed by atoms with Crippen LogP contribution < -0.4 is 16.0 Å². The van der Waals surface area contributed by atoms with E-state index in [4.69, 9.17) is 0 Å². The monoisotopic (exact) mass is 298 g/mol. The van der Waals surface area contributed by atoms with E-state index >= 15 is 0 Å². The van der Waals surface area contributed by atoms with Crippen LogP contribution in [0.15, 0.2) is 48.7 Å². The van der Waals surface area contributed by atoms with Gasteiger partial charge in [-0.25, -0.2) is 4.79 Å². The number of hydrogen-bond donors (Lipinski definition) is 3. The Morgan fingerprint density at radius 1 is 1.09 bits per heavy atom. The van der Waals surface area contributed by atoms with Crippen molar-refractivity contribution < 1.29 is 9.59 Å². The SMILES string of the molecule is CCNC(=O)c1cccc(NC(=O)NCc2ccccn2)c1. The highest BCUT2D eigenvalue weighted by molar-refractivity contribution is 5.96. The van der Waals surface area contributed by atoms with Crippen LogP contribution in [0.5, 0.6) is 0 Å². The van der Waals surface area contributed by atoms with E-state index in [1.165, 1.54) is 0 Å². The van der Waals surface area contributed by atoms with Crippen LogP contribution in [-0.4, -0.2) is 23.5 Å². The van der Waals surface area contributed by atoms with Gasteiger partial charge in [0, 0.05) is 24.0 Å². The smallest absolute Gasteiger partial charge is 0.319 e. The van der Waals surface area contributed by atoms with Crippen LogP contribution in [0.4, 0.5) is 10.5 Å². The van der Waals surface area contributed by atoms with Gasteiger partial charge in [-0.15, -0.1) is 0 Å². The Kier molecular flexibility index (Phi) is 5.48. The molecule has 22 heavy (non-hydrogen) atoms. The van der Waals surface area contributed by atoms with E-state index in [9.17, 15) is 9.59 Å². The Morgan fingerprint density at radius 2 is 1.95 bits per heavy atom. The maximum absolute atomic E-state index is 11.8. The molecule has 2 rings (SSSR count). The summed E-state index contributed by atoms with van der Waals surface area (Å²) in [6, 6.07) is 11.9. The van der Waals surface area contributed by atoms with Crippen LogP contribution in [0.2, 0.25) is 0 Å². The van der Waals surface area contributed by atoms with E-state index in [0.717, 1.165) is 5.69 Å². The second-order valence-electron chi connectivity index (χ2n) is 4.57. The predicted molar refractivity (Wildman–Crippen MR) is 84.5 cm³/mol. The summed E-state index contributed by atoms with van der Waals surface area (Å²) in [5.74, 6) is -0.167. The zero-order valence-electron chi connectivity index (χ0n) is 12.3. The number of carbonyl (C=O) groups is 2. The number of nitrogens with zero attached hydrogens (tertiary/aromatic N) is 1. The largest absolute Gasteiger partial charge is 0.352 e. The number of aromatic nitrogens is 1. The lowest BCUT2D eigenvalue weighted by molar-refractivity contribution is 0.0956. The van der Waals surface area contributed by atoms with Gasteiger partial charge in [0.25, 0.3) is 5.91 Å². The number of anilines is 1. The van der Waals surface area contributed by atoms with Gasteiger partial charge in [0.2, 0.25) is 0 Å². The molecule has 0 unspecified atom stereocenters. The van der Waals surface area contributed by atoms with Crippen LogP contribution in [0.3, 0.4) is 0 Å². The number of hydrogen-bond acceptors (Lipinski definition) is 3. The van der Waals surface area contributed by atoms with E-state index in [2.05, 4.69) is 20.9 Å². The Balaban J connectivity index is 1.91. The molecule has 2 aromatic rings. The zero-order chi connectivity index (χ0) is 15.8. The first kappa shape index (κ1) is 15.5. The molecule has 0 bridgehead atoms. The molecule has 3 N–H and O–H groups in total. The van der Waals surface area contributed by atoms with Crippen molar-refractivity contribution in [2.24, 2.45) is 0 Å². The number of amides is 3. The number of pyridine rings is 1. The number of urea groups is 1. The minimum absolute atomic E-state index is 0.167. The normalized spacial score (nSPS) is 9.86. The molecule has 0 spiro atoms. The van der Waals surface area contributed by atoms with E-state index in [0.29, 0.717) is 24.3 Å². The fourth-order valence-electron chi connectivity index (χ4n) is 1.85. The first-order valence-electron chi connectivity index (χ1n) is 7.02. The number of rotatable bonds is 5. The summed E-state index contributed by atoms with van der Waals surface area (Å²) in [6.45, 7) is 2.74. The molecule has 6 heteroatoms. The highest BCUT2D eigenvalue weighted by Gasteiger charge is 2.07. The lowest BCUT2D eigenvalue weighted by Gasteiger charge is -2.09. The fraction of sp³-hybridized carbons (Fsp3) is 0.188. The Labute approximate surface area is 129 Å². The van der Waals surface area contributed by atoms with Gasteiger partial charge in [-0.2, -0.15) is 0 Å². The summed E-state index contributed by atoms with van der Waals surface area (Å²) < 4.78 is 0. The van der Waals surface area contributed by atoms with Crippen LogP contribution in [-0.2, 0) is 6.54 Å². The first-order chi connectivity index (χ1) is 10.7. The van der Waals surface area contributed by atoms with E-state index in [1.54, 1.807) is 30.5 Å². The van der Waals surface area contributed by atoms with Crippen molar-refractivity contribution in [3.8, 4) is 0 Å². The van der Waals surface area contributed by atoms with Crippen LogP contribution in [0.25, 0.3) is 0 Å². The molecule has 114 valence electrons. The third kappa shape index (κ3) is 4.59. The fourth-order valence-corrected chi connectivity index (χ4v) is 1.85. The van der Waals surface area contributed by atoms with Crippen LogP contribution in [0, 0.1) is 0 Å². The van der Waals surface area contributed by atoms with E-state index in [1.807, 2.05) is 25.1 Å². The molecule has 1 heterocycles. The van der Waals surface area contributed by atoms with Crippen molar-refractivity contribution >= 4 is 17.6 Å². The number of carbonyl (C=O) groups excluding carboxylic acids is 2. The van der Waals surface area contributed by atoms with Crippen LogP contribution >= 0.6 is 0 Å². The number of nitrogens with one attached hydrogen (secondary N) is 3. The van der Waals surface area contributed by atoms with E-state index < -0.39 is 0 Å². The molecule has 0 saturated heterocycles. The summed E-state index contributed by atoms with van der Waals surface area (Å²) in [7, 11) is 0. The highest BCUT2D eigenvalue weighted by Crippen LogP contribution is 2.10. The first-order valence-corrected chi connectivity index (χ1v) is 7.02. The quantitative estimate of drug-likeness (QED) is 0.791. The topological polar surface area (TPSA) is 83.1 Å². The molecule has 0 fully saturated rings. The third-order valence-electron chi connectivity index (χ3n) is 2.88. The van der Waals surface area contributed by atoms with E-state index in [-0.39, 0.29) is 11.9 Å².